The summed E-state index contributed by atoms with van der Waals surface area (Å²) in [6, 6.07) is 1.31. The maximum Gasteiger partial charge on any atom is 0.0622 e. The third-order valence-electron chi connectivity index (χ3n) is 5.61. The second-order valence-electron chi connectivity index (χ2n) is 7.70. The van der Waals surface area contributed by atoms with E-state index < -0.39 is 0 Å². The van der Waals surface area contributed by atoms with Crippen LogP contribution in [0.25, 0.3) is 0 Å². The quantitative estimate of drug-likeness (QED) is 0.814. The van der Waals surface area contributed by atoms with E-state index in [1.165, 1.54) is 38.6 Å². The van der Waals surface area contributed by atoms with Gasteiger partial charge in [-0.1, -0.05) is 34.1 Å². The minimum atomic E-state index is 0.437. The molecule has 2 fully saturated rings. The zero-order valence-electron chi connectivity index (χ0n) is 14.7. The summed E-state index contributed by atoms with van der Waals surface area (Å²) in [6.07, 6.45) is 6.59. The minimum absolute atomic E-state index is 0.437. The van der Waals surface area contributed by atoms with Gasteiger partial charge in [0.25, 0.3) is 0 Å². The second kappa shape index (κ2) is 7.94. The van der Waals surface area contributed by atoms with Gasteiger partial charge in [0.1, 0.15) is 0 Å². The number of nitrogens with one attached hydrogen (secondary N) is 1. The fourth-order valence-electron chi connectivity index (χ4n) is 4.33. The van der Waals surface area contributed by atoms with E-state index in [-0.39, 0.29) is 0 Å². The van der Waals surface area contributed by atoms with Gasteiger partial charge >= 0.3 is 0 Å². The fraction of sp³-hybridized carbons (Fsp3) is 1.00. The Labute approximate surface area is 131 Å². The van der Waals surface area contributed by atoms with Gasteiger partial charge in [0.05, 0.1) is 13.2 Å². The third-order valence-corrected chi connectivity index (χ3v) is 5.61. The number of ether oxygens (including phenoxy) is 1. The summed E-state index contributed by atoms with van der Waals surface area (Å²) < 4.78 is 5.67. The fourth-order valence-corrected chi connectivity index (χ4v) is 4.33. The molecular formula is C18H36N2O. The van der Waals surface area contributed by atoms with Crippen LogP contribution in [-0.2, 0) is 4.74 Å². The summed E-state index contributed by atoms with van der Waals surface area (Å²) in [5.41, 5.74) is 0.437. The van der Waals surface area contributed by atoms with Crippen LogP contribution in [0.4, 0.5) is 0 Å². The zero-order valence-corrected chi connectivity index (χ0v) is 14.7. The summed E-state index contributed by atoms with van der Waals surface area (Å²) in [6.45, 7) is 14.9. The standard InChI is InChI=1S/C18H36N2O/c1-5-10-19-17-15(8-7-9-18(17,3)4)13-20-11-12-21-14-16(20)6-2/h15-17,19H,5-14H2,1-4H3. The molecule has 1 heterocycles. The van der Waals surface area contributed by atoms with Gasteiger partial charge in [-0.2, -0.15) is 0 Å². The molecule has 1 N–H and O–H groups in total. The Hall–Kier alpha value is -0.120. The van der Waals surface area contributed by atoms with Crippen LogP contribution in [-0.4, -0.2) is 49.8 Å². The SMILES string of the molecule is CCCNC1C(CN2CCOCC2CC)CCCC1(C)C. The molecule has 3 nitrogen and oxygen atoms in total. The molecule has 0 radical (unpaired) electrons. The number of hydrogen-bond acceptors (Lipinski definition) is 3. The van der Waals surface area contributed by atoms with Gasteiger partial charge in [0, 0.05) is 25.2 Å². The Bertz CT molecular complexity index is 306. The number of nitrogens with zero attached hydrogens (tertiary/aromatic N) is 1. The molecule has 124 valence electrons. The van der Waals surface area contributed by atoms with Gasteiger partial charge in [-0.15, -0.1) is 0 Å². The normalized spacial score (nSPS) is 34.0. The molecular weight excluding hydrogens is 260 g/mol. The maximum atomic E-state index is 5.67. The van der Waals surface area contributed by atoms with Crippen LogP contribution in [0.1, 0.15) is 59.8 Å². The van der Waals surface area contributed by atoms with E-state index >= 15 is 0 Å². The zero-order chi connectivity index (χ0) is 15.3. The molecule has 0 spiro atoms. The number of rotatable bonds is 6. The minimum Gasteiger partial charge on any atom is -0.378 e. The Morgan fingerprint density at radius 2 is 2.10 bits per heavy atom. The van der Waals surface area contributed by atoms with Crippen molar-refractivity contribution in [1.82, 2.24) is 10.2 Å². The average Bonchev–Trinajstić information content (AvgIpc) is 2.46. The van der Waals surface area contributed by atoms with E-state index in [0.29, 0.717) is 17.5 Å². The maximum absolute atomic E-state index is 5.67. The third kappa shape index (κ3) is 4.43. The summed E-state index contributed by atoms with van der Waals surface area (Å²) in [4.78, 5) is 2.70. The van der Waals surface area contributed by atoms with Gasteiger partial charge in [-0.25, -0.2) is 0 Å². The van der Waals surface area contributed by atoms with Crippen molar-refractivity contribution in [3.63, 3.8) is 0 Å². The molecule has 0 aromatic heterocycles. The molecule has 3 unspecified atom stereocenters. The summed E-state index contributed by atoms with van der Waals surface area (Å²) in [5, 5.41) is 3.88. The Morgan fingerprint density at radius 3 is 2.81 bits per heavy atom. The van der Waals surface area contributed by atoms with Gasteiger partial charge in [0.15, 0.2) is 0 Å². The molecule has 21 heavy (non-hydrogen) atoms. The van der Waals surface area contributed by atoms with Gasteiger partial charge < -0.3 is 10.1 Å². The smallest absolute Gasteiger partial charge is 0.0622 e. The van der Waals surface area contributed by atoms with Crippen molar-refractivity contribution < 1.29 is 4.74 Å². The van der Waals surface area contributed by atoms with Gasteiger partial charge in [-0.05, 0) is 43.6 Å². The van der Waals surface area contributed by atoms with E-state index in [1.54, 1.807) is 0 Å². The molecule has 1 saturated heterocycles. The Morgan fingerprint density at radius 1 is 1.29 bits per heavy atom. The molecule has 0 amide bonds. The van der Waals surface area contributed by atoms with Crippen LogP contribution in [0.3, 0.4) is 0 Å². The topological polar surface area (TPSA) is 24.5 Å². The lowest BCUT2D eigenvalue weighted by atomic mass is 9.67. The van der Waals surface area contributed by atoms with E-state index in [9.17, 15) is 0 Å². The first kappa shape index (κ1) is 17.2. The van der Waals surface area contributed by atoms with Crippen molar-refractivity contribution in [2.75, 3.05) is 32.8 Å². The second-order valence-corrected chi connectivity index (χ2v) is 7.70. The highest BCUT2D eigenvalue weighted by molar-refractivity contribution is 4.95. The van der Waals surface area contributed by atoms with Crippen molar-refractivity contribution in [2.45, 2.75) is 71.9 Å². The molecule has 1 aliphatic carbocycles. The highest BCUT2D eigenvalue weighted by Gasteiger charge is 2.39. The van der Waals surface area contributed by atoms with Crippen LogP contribution < -0.4 is 5.32 Å². The van der Waals surface area contributed by atoms with Crippen LogP contribution in [0, 0.1) is 11.3 Å². The highest BCUT2D eigenvalue weighted by Crippen LogP contribution is 2.39. The number of hydrogen-bond donors (Lipinski definition) is 1. The lowest BCUT2D eigenvalue weighted by molar-refractivity contribution is -0.0277. The summed E-state index contributed by atoms with van der Waals surface area (Å²) in [7, 11) is 0. The molecule has 2 rings (SSSR count). The first-order chi connectivity index (χ1) is 10.1. The van der Waals surface area contributed by atoms with Crippen molar-refractivity contribution in [1.29, 1.82) is 0 Å². The molecule has 0 bridgehead atoms. The van der Waals surface area contributed by atoms with E-state index in [4.69, 9.17) is 4.74 Å². The molecule has 3 atom stereocenters. The Balaban J connectivity index is 2.00. The van der Waals surface area contributed by atoms with Crippen LogP contribution in [0.5, 0.6) is 0 Å². The number of morpholine rings is 1. The van der Waals surface area contributed by atoms with Gasteiger partial charge in [0.2, 0.25) is 0 Å². The molecule has 3 heteroatoms. The van der Waals surface area contributed by atoms with Crippen LogP contribution in [0.2, 0.25) is 0 Å². The lowest BCUT2D eigenvalue weighted by Crippen LogP contribution is -2.55. The predicted molar refractivity (Wildman–Crippen MR) is 89.7 cm³/mol. The van der Waals surface area contributed by atoms with Crippen LogP contribution in [0.15, 0.2) is 0 Å². The van der Waals surface area contributed by atoms with Crippen LogP contribution >= 0.6 is 0 Å². The molecule has 0 aromatic rings. The highest BCUT2D eigenvalue weighted by atomic mass is 16.5. The average molecular weight is 296 g/mol. The first-order valence-electron chi connectivity index (χ1n) is 9.13. The van der Waals surface area contributed by atoms with E-state index in [2.05, 4.69) is 37.9 Å². The molecule has 1 aliphatic heterocycles. The molecule has 2 aliphatic rings. The Kier molecular flexibility index (Phi) is 6.51. The van der Waals surface area contributed by atoms with Crippen molar-refractivity contribution in [3.05, 3.63) is 0 Å². The van der Waals surface area contributed by atoms with Crippen molar-refractivity contribution in [2.24, 2.45) is 11.3 Å². The van der Waals surface area contributed by atoms with E-state index in [0.717, 1.165) is 32.2 Å². The summed E-state index contributed by atoms with van der Waals surface area (Å²) in [5.74, 6) is 0.799. The van der Waals surface area contributed by atoms with Gasteiger partial charge in [-0.3, -0.25) is 4.90 Å². The monoisotopic (exact) mass is 296 g/mol. The largest absolute Gasteiger partial charge is 0.378 e. The molecule has 0 aromatic carbocycles. The lowest BCUT2D eigenvalue weighted by Gasteiger charge is -2.47. The van der Waals surface area contributed by atoms with Crippen molar-refractivity contribution in [3.8, 4) is 0 Å². The summed E-state index contributed by atoms with van der Waals surface area (Å²) >= 11 is 0. The first-order valence-corrected chi connectivity index (χ1v) is 9.13. The predicted octanol–water partition coefficient (Wildman–Crippen LogP) is 3.29. The molecule has 1 saturated carbocycles. The van der Waals surface area contributed by atoms with Crippen molar-refractivity contribution >= 4 is 0 Å². The van der Waals surface area contributed by atoms with E-state index in [1.807, 2.05) is 0 Å².